The summed E-state index contributed by atoms with van der Waals surface area (Å²) in [4.78, 5) is 4.28. The lowest BCUT2D eigenvalue weighted by atomic mass is 10.2. The van der Waals surface area contributed by atoms with Crippen molar-refractivity contribution in [1.29, 1.82) is 0 Å². The highest BCUT2D eigenvalue weighted by molar-refractivity contribution is 5.79. The number of aryl methyl sites for hydroxylation is 1. The summed E-state index contributed by atoms with van der Waals surface area (Å²) in [6.45, 7) is 3.62. The van der Waals surface area contributed by atoms with E-state index in [2.05, 4.69) is 15.5 Å². The van der Waals surface area contributed by atoms with E-state index in [1.807, 2.05) is 19.1 Å². The predicted molar refractivity (Wildman–Crippen MR) is 63.3 cm³/mol. The van der Waals surface area contributed by atoms with Gasteiger partial charge in [0.15, 0.2) is 0 Å². The fraction of sp³-hybridized carbons (Fsp3) is 0.455. The maximum atomic E-state index is 8.34. The van der Waals surface area contributed by atoms with Crippen LogP contribution >= 0.6 is 0 Å². The molecule has 1 heterocycles. The first kappa shape index (κ1) is 12.4. The largest absolute Gasteiger partial charge is 0.409 e. The van der Waals surface area contributed by atoms with E-state index < -0.39 is 0 Å². The highest BCUT2D eigenvalue weighted by Gasteiger charge is 1.98. The molecule has 0 amide bonds. The van der Waals surface area contributed by atoms with Gasteiger partial charge in [0, 0.05) is 19.2 Å². The van der Waals surface area contributed by atoms with Crippen molar-refractivity contribution in [2.75, 3.05) is 6.54 Å². The zero-order chi connectivity index (χ0) is 11.8. The molecule has 0 atom stereocenters. The number of pyridine rings is 1. The van der Waals surface area contributed by atoms with E-state index >= 15 is 0 Å². The predicted octanol–water partition coefficient (Wildman–Crippen LogP) is 1.01. The van der Waals surface area contributed by atoms with Gasteiger partial charge in [0.1, 0.15) is 5.84 Å². The van der Waals surface area contributed by atoms with Crippen molar-refractivity contribution >= 4 is 5.84 Å². The van der Waals surface area contributed by atoms with Gasteiger partial charge in [0.2, 0.25) is 0 Å². The summed E-state index contributed by atoms with van der Waals surface area (Å²) >= 11 is 0. The zero-order valence-electron chi connectivity index (χ0n) is 9.48. The molecule has 0 aliphatic heterocycles. The van der Waals surface area contributed by atoms with E-state index in [-0.39, 0.29) is 5.84 Å². The van der Waals surface area contributed by atoms with Gasteiger partial charge in [0.25, 0.3) is 0 Å². The first-order valence-corrected chi connectivity index (χ1v) is 5.31. The fourth-order valence-electron chi connectivity index (χ4n) is 1.35. The van der Waals surface area contributed by atoms with E-state index in [0.717, 1.165) is 25.2 Å². The number of nitrogens with two attached hydrogens (primary N) is 1. The van der Waals surface area contributed by atoms with Crippen LogP contribution in [0.25, 0.3) is 0 Å². The molecule has 88 valence electrons. The molecular formula is C11H18N4O. The second kappa shape index (κ2) is 6.79. The molecule has 1 aromatic rings. The van der Waals surface area contributed by atoms with Crippen molar-refractivity contribution in [3.63, 3.8) is 0 Å². The van der Waals surface area contributed by atoms with Gasteiger partial charge in [-0.3, -0.25) is 4.98 Å². The van der Waals surface area contributed by atoms with Crippen LogP contribution in [0.1, 0.15) is 24.1 Å². The van der Waals surface area contributed by atoms with Crippen LogP contribution in [0, 0.1) is 6.92 Å². The van der Waals surface area contributed by atoms with Gasteiger partial charge in [-0.2, -0.15) is 0 Å². The molecule has 0 saturated carbocycles. The molecule has 5 nitrogen and oxygen atoms in total. The van der Waals surface area contributed by atoms with Crippen molar-refractivity contribution in [3.05, 3.63) is 29.6 Å². The Hall–Kier alpha value is -1.62. The van der Waals surface area contributed by atoms with Gasteiger partial charge in [-0.15, -0.1) is 0 Å². The Labute approximate surface area is 95.4 Å². The van der Waals surface area contributed by atoms with Crippen LogP contribution in [0.4, 0.5) is 0 Å². The number of hydrogen-bond donors (Lipinski definition) is 3. The minimum atomic E-state index is 0.274. The molecule has 0 radical (unpaired) electrons. The molecule has 0 unspecified atom stereocenters. The van der Waals surface area contributed by atoms with Gasteiger partial charge >= 0.3 is 0 Å². The Morgan fingerprint density at radius 1 is 1.62 bits per heavy atom. The minimum absolute atomic E-state index is 0.274. The van der Waals surface area contributed by atoms with Crippen LogP contribution in [-0.4, -0.2) is 22.6 Å². The second-order valence-electron chi connectivity index (χ2n) is 3.64. The monoisotopic (exact) mass is 222 g/mol. The molecule has 0 spiro atoms. The molecule has 0 aliphatic rings. The van der Waals surface area contributed by atoms with Crippen molar-refractivity contribution in [2.45, 2.75) is 26.3 Å². The van der Waals surface area contributed by atoms with Crippen LogP contribution < -0.4 is 11.1 Å². The average Bonchev–Trinajstić information content (AvgIpc) is 2.30. The Morgan fingerprint density at radius 3 is 3.12 bits per heavy atom. The molecule has 4 N–H and O–H groups in total. The lowest BCUT2D eigenvalue weighted by Crippen LogP contribution is -2.19. The third kappa shape index (κ3) is 4.27. The summed E-state index contributed by atoms with van der Waals surface area (Å²) in [7, 11) is 0. The van der Waals surface area contributed by atoms with Gasteiger partial charge in [-0.1, -0.05) is 11.2 Å². The van der Waals surface area contributed by atoms with Gasteiger partial charge < -0.3 is 16.3 Å². The number of oxime groups is 1. The summed E-state index contributed by atoms with van der Waals surface area (Å²) in [5.41, 5.74) is 7.60. The number of amidine groups is 1. The normalized spacial score (nSPS) is 11.7. The maximum Gasteiger partial charge on any atom is 0.139 e. The molecule has 0 fully saturated rings. The van der Waals surface area contributed by atoms with Crippen molar-refractivity contribution < 1.29 is 5.21 Å². The summed E-state index contributed by atoms with van der Waals surface area (Å²) in [6.07, 6.45) is 3.24. The number of nitrogens with zero attached hydrogens (tertiary/aromatic N) is 2. The van der Waals surface area contributed by atoms with E-state index in [1.54, 1.807) is 6.20 Å². The number of aromatic nitrogens is 1. The third-order valence-corrected chi connectivity index (χ3v) is 2.33. The van der Waals surface area contributed by atoms with Crippen molar-refractivity contribution in [2.24, 2.45) is 10.9 Å². The van der Waals surface area contributed by atoms with E-state index in [9.17, 15) is 0 Å². The van der Waals surface area contributed by atoms with Gasteiger partial charge in [-0.05, 0) is 31.5 Å². The standard InChI is InChI=1S/C11H18N4O/c1-9-4-2-7-14-10(9)8-13-6-3-5-11(12)15-16/h2,4,7,13,16H,3,5-6,8H2,1H3,(H2,12,15). The van der Waals surface area contributed by atoms with Crippen LogP contribution in [-0.2, 0) is 6.54 Å². The number of nitrogens with one attached hydrogen (secondary N) is 1. The van der Waals surface area contributed by atoms with Crippen LogP contribution in [0.3, 0.4) is 0 Å². The van der Waals surface area contributed by atoms with E-state index in [4.69, 9.17) is 10.9 Å². The molecule has 1 aromatic heterocycles. The molecule has 0 aromatic carbocycles. The molecule has 5 heteroatoms. The highest BCUT2D eigenvalue weighted by Crippen LogP contribution is 2.02. The first-order chi connectivity index (χ1) is 7.74. The lowest BCUT2D eigenvalue weighted by molar-refractivity contribution is 0.316. The SMILES string of the molecule is Cc1cccnc1CNCCCC(N)=NO. The maximum absolute atomic E-state index is 8.34. The van der Waals surface area contributed by atoms with E-state index in [1.165, 1.54) is 5.56 Å². The molecule has 1 rings (SSSR count). The first-order valence-electron chi connectivity index (χ1n) is 5.31. The topological polar surface area (TPSA) is 83.5 Å². The molecular weight excluding hydrogens is 204 g/mol. The number of hydrogen-bond acceptors (Lipinski definition) is 4. The second-order valence-corrected chi connectivity index (χ2v) is 3.64. The van der Waals surface area contributed by atoms with Crippen molar-refractivity contribution in [1.82, 2.24) is 10.3 Å². The van der Waals surface area contributed by atoms with Crippen LogP contribution in [0.5, 0.6) is 0 Å². The van der Waals surface area contributed by atoms with Gasteiger partial charge in [-0.25, -0.2) is 0 Å². The number of rotatable bonds is 6. The molecule has 0 saturated heterocycles. The Balaban J connectivity index is 2.19. The zero-order valence-corrected chi connectivity index (χ0v) is 9.48. The van der Waals surface area contributed by atoms with Crippen LogP contribution in [0.2, 0.25) is 0 Å². The quantitative estimate of drug-likeness (QED) is 0.220. The van der Waals surface area contributed by atoms with Crippen LogP contribution in [0.15, 0.2) is 23.5 Å². The van der Waals surface area contributed by atoms with E-state index in [0.29, 0.717) is 6.42 Å². The average molecular weight is 222 g/mol. The summed E-state index contributed by atoms with van der Waals surface area (Å²) in [5.74, 6) is 0.274. The summed E-state index contributed by atoms with van der Waals surface area (Å²) in [5, 5.41) is 14.5. The van der Waals surface area contributed by atoms with Gasteiger partial charge in [0.05, 0.1) is 5.69 Å². The fourth-order valence-corrected chi connectivity index (χ4v) is 1.35. The molecule has 0 aliphatic carbocycles. The minimum Gasteiger partial charge on any atom is -0.409 e. The smallest absolute Gasteiger partial charge is 0.139 e. The van der Waals surface area contributed by atoms with Crippen molar-refractivity contribution in [3.8, 4) is 0 Å². The third-order valence-electron chi connectivity index (χ3n) is 2.33. The summed E-state index contributed by atoms with van der Waals surface area (Å²) in [6, 6.07) is 3.97. The molecule has 16 heavy (non-hydrogen) atoms. The lowest BCUT2D eigenvalue weighted by Gasteiger charge is -2.06. The summed E-state index contributed by atoms with van der Waals surface area (Å²) < 4.78 is 0. The highest BCUT2D eigenvalue weighted by atomic mass is 16.4. The Morgan fingerprint density at radius 2 is 2.44 bits per heavy atom. The Bertz CT molecular complexity index is 352. The molecule has 0 bridgehead atoms. The Kier molecular flexibility index (Phi) is 5.28.